The van der Waals surface area contributed by atoms with Crippen LogP contribution in [0.5, 0.6) is 0 Å². The molecular weight excluding hydrogens is 437 g/mol. The molecule has 1 aromatic carbocycles. The van der Waals surface area contributed by atoms with Crippen LogP contribution in [0.15, 0.2) is 35.7 Å². The molecule has 1 saturated heterocycles. The number of nitrogens with one attached hydrogen (secondary N) is 1. The van der Waals surface area contributed by atoms with E-state index in [4.69, 9.17) is 0 Å². The highest BCUT2D eigenvalue weighted by Gasteiger charge is 2.36. The predicted molar refractivity (Wildman–Crippen MR) is 117 cm³/mol. The number of nitrogens with zero attached hydrogens (tertiary/aromatic N) is 2. The SMILES string of the molecule is COC(=O)CC(NC(=O)[C@@H]1CCCCN1C(=O)c1csc(-c2ccccc2)n1)C(O)CF. The lowest BCUT2D eigenvalue weighted by atomic mass is 9.99. The maximum absolute atomic E-state index is 13.2. The first-order valence-corrected chi connectivity index (χ1v) is 11.3. The Labute approximate surface area is 189 Å². The minimum absolute atomic E-state index is 0.253. The van der Waals surface area contributed by atoms with E-state index in [1.807, 2.05) is 30.3 Å². The molecule has 3 rings (SSSR count). The molecule has 0 saturated carbocycles. The molecule has 0 bridgehead atoms. The number of alkyl halides is 1. The summed E-state index contributed by atoms with van der Waals surface area (Å²) in [5.41, 5.74) is 1.15. The highest BCUT2D eigenvalue weighted by Crippen LogP contribution is 2.26. The van der Waals surface area contributed by atoms with Gasteiger partial charge in [-0.15, -0.1) is 11.3 Å². The van der Waals surface area contributed by atoms with Gasteiger partial charge in [0.2, 0.25) is 5.91 Å². The Bertz CT molecular complexity index is 939. The molecule has 1 aromatic heterocycles. The summed E-state index contributed by atoms with van der Waals surface area (Å²) < 4.78 is 17.6. The summed E-state index contributed by atoms with van der Waals surface area (Å²) in [6.45, 7) is -0.751. The molecule has 2 amide bonds. The predicted octanol–water partition coefficient (Wildman–Crippen LogP) is 2.18. The van der Waals surface area contributed by atoms with E-state index in [1.54, 1.807) is 5.38 Å². The maximum Gasteiger partial charge on any atom is 0.307 e. The molecular formula is C22H26FN3O5S. The number of halogens is 1. The molecule has 0 spiro atoms. The van der Waals surface area contributed by atoms with Crippen LogP contribution in [0.3, 0.4) is 0 Å². The lowest BCUT2D eigenvalue weighted by Gasteiger charge is -2.35. The van der Waals surface area contributed by atoms with Crippen molar-refractivity contribution in [2.24, 2.45) is 0 Å². The van der Waals surface area contributed by atoms with Gasteiger partial charge in [-0.3, -0.25) is 14.4 Å². The van der Waals surface area contributed by atoms with Gasteiger partial charge in [0.25, 0.3) is 5.91 Å². The van der Waals surface area contributed by atoms with Gasteiger partial charge < -0.3 is 20.1 Å². The van der Waals surface area contributed by atoms with E-state index in [-0.39, 0.29) is 18.0 Å². The lowest BCUT2D eigenvalue weighted by Crippen LogP contribution is -2.56. The van der Waals surface area contributed by atoms with Crippen molar-refractivity contribution in [1.82, 2.24) is 15.2 Å². The summed E-state index contributed by atoms with van der Waals surface area (Å²) in [6.07, 6.45) is -0.0340. The van der Waals surface area contributed by atoms with Crippen molar-refractivity contribution in [3.63, 3.8) is 0 Å². The Morgan fingerprint density at radius 3 is 2.75 bits per heavy atom. The van der Waals surface area contributed by atoms with Crippen LogP contribution in [0.25, 0.3) is 10.6 Å². The second kappa shape index (κ2) is 11.1. The van der Waals surface area contributed by atoms with E-state index in [0.29, 0.717) is 18.0 Å². The molecule has 2 N–H and O–H groups in total. The fourth-order valence-electron chi connectivity index (χ4n) is 3.61. The molecule has 172 valence electrons. The van der Waals surface area contributed by atoms with E-state index < -0.39 is 36.7 Å². The number of aromatic nitrogens is 1. The van der Waals surface area contributed by atoms with Crippen molar-refractivity contribution < 1.29 is 28.6 Å². The molecule has 1 aliphatic heterocycles. The molecule has 0 aliphatic carbocycles. The average molecular weight is 464 g/mol. The lowest BCUT2D eigenvalue weighted by molar-refractivity contribution is -0.142. The van der Waals surface area contributed by atoms with E-state index in [9.17, 15) is 23.9 Å². The Hall–Kier alpha value is -2.85. The smallest absolute Gasteiger partial charge is 0.307 e. The maximum atomic E-state index is 13.2. The third-order valence-corrected chi connectivity index (χ3v) is 6.27. The fraction of sp³-hybridized carbons (Fsp3) is 0.455. The van der Waals surface area contributed by atoms with Crippen molar-refractivity contribution in [3.05, 3.63) is 41.4 Å². The number of likely N-dealkylation sites (tertiary alicyclic amines) is 1. The summed E-state index contributed by atoms with van der Waals surface area (Å²) in [4.78, 5) is 43.6. The van der Waals surface area contributed by atoms with Crippen LogP contribution in [0.2, 0.25) is 0 Å². The average Bonchev–Trinajstić information content (AvgIpc) is 3.33. The van der Waals surface area contributed by atoms with Gasteiger partial charge in [-0.1, -0.05) is 30.3 Å². The summed E-state index contributed by atoms with van der Waals surface area (Å²) >= 11 is 1.35. The number of benzene rings is 1. The number of aliphatic hydroxyl groups excluding tert-OH is 1. The quantitative estimate of drug-likeness (QED) is 0.581. The zero-order valence-electron chi connectivity index (χ0n) is 17.7. The van der Waals surface area contributed by atoms with Gasteiger partial charge in [0.1, 0.15) is 29.5 Å². The number of hydrogen-bond acceptors (Lipinski definition) is 7. The van der Waals surface area contributed by atoms with Gasteiger partial charge in [-0.25, -0.2) is 9.37 Å². The van der Waals surface area contributed by atoms with Crippen LogP contribution in [-0.4, -0.2) is 71.3 Å². The molecule has 2 unspecified atom stereocenters. The van der Waals surface area contributed by atoms with Gasteiger partial charge in [0.15, 0.2) is 0 Å². The zero-order valence-corrected chi connectivity index (χ0v) is 18.5. The molecule has 3 atom stereocenters. The summed E-state index contributed by atoms with van der Waals surface area (Å²) in [6, 6.07) is 7.53. The van der Waals surface area contributed by atoms with Crippen LogP contribution in [-0.2, 0) is 14.3 Å². The number of hydrogen-bond donors (Lipinski definition) is 2. The number of carbonyl (C=O) groups is 3. The number of carbonyl (C=O) groups excluding carboxylic acids is 3. The number of esters is 1. The minimum Gasteiger partial charge on any atom is -0.469 e. The number of amides is 2. The molecule has 2 heterocycles. The van der Waals surface area contributed by atoms with Crippen molar-refractivity contribution >= 4 is 29.1 Å². The molecule has 0 radical (unpaired) electrons. The van der Waals surface area contributed by atoms with Gasteiger partial charge in [0.05, 0.1) is 19.6 Å². The Morgan fingerprint density at radius 2 is 2.06 bits per heavy atom. The van der Waals surface area contributed by atoms with Gasteiger partial charge in [0, 0.05) is 17.5 Å². The van der Waals surface area contributed by atoms with Crippen LogP contribution in [0.4, 0.5) is 4.39 Å². The Kier molecular flexibility index (Phi) is 8.29. The van der Waals surface area contributed by atoms with E-state index in [0.717, 1.165) is 18.4 Å². The van der Waals surface area contributed by atoms with Crippen LogP contribution in [0.1, 0.15) is 36.2 Å². The third-order valence-electron chi connectivity index (χ3n) is 5.37. The van der Waals surface area contributed by atoms with Crippen LogP contribution in [0, 0.1) is 0 Å². The van der Waals surface area contributed by atoms with Gasteiger partial charge in [-0.05, 0) is 19.3 Å². The first kappa shape index (κ1) is 23.8. The van der Waals surface area contributed by atoms with Crippen molar-refractivity contribution in [3.8, 4) is 10.6 Å². The first-order chi connectivity index (χ1) is 15.4. The van der Waals surface area contributed by atoms with Gasteiger partial charge in [-0.2, -0.15) is 0 Å². The van der Waals surface area contributed by atoms with E-state index in [2.05, 4.69) is 15.0 Å². The molecule has 8 nitrogen and oxygen atoms in total. The zero-order chi connectivity index (χ0) is 23.1. The number of thiazole rings is 1. The Balaban J connectivity index is 1.74. The van der Waals surface area contributed by atoms with Gasteiger partial charge >= 0.3 is 5.97 Å². The highest BCUT2D eigenvalue weighted by molar-refractivity contribution is 7.13. The highest BCUT2D eigenvalue weighted by atomic mass is 32.1. The van der Waals surface area contributed by atoms with Crippen molar-refractivity contribution in [2.75, 3.05) is 20.3 Å². The number of rotatable bonds is 8. The summed E-state index contributed by atoms with van der Waals surface area (Å²) in [5, 5.41) is 14.8. The first-order valence-electron chi connectivity index (χ1n) is 10.4. The molecule has 10 heteroatoms. The number of methoxy groups -OCH3 is 1. The van der Waals surface area contributed by atoms with Crippen LogP contribution >= 0.6 is 11.3 Å². The minimum atomic E-state index is -1.56. The standard InChI is InChI=1S/C22H26FN3O5S/c1-31-19(28)11-15(18(27)12-23)24-20(29)17-9-5-6-10-26(17)22(30)16-13-32-21(25-16)14-7-3-2-4-8-14/h2-4,7-8,13,15,17-18,27H,5-6,9-12H2,1H3,(H,24,29)/t15?,17-,18?/m0/s1. The molecule has 1 fully saturated rings. The number of piperidine rings is 1. The second-order valence-corrected chi connectivity index (χ2v) is 8.39. The molecule has 2 aromatic rings. The summed E-state index contributed by atoms with van der Waals surface area (Å²) in [5.74, 6) is -1.59. The fourth-order valence-corrected chi connectivity index (χ4v) is 4.41. The number of ether oxygens (including phenoxy) is 1. The van der Waals surface area contributed by atoms with E-state index >= 15 is 0 Å². The van der Waals surface area contributed by atoms with Crippen LogP contribution < -0.4 is 5.32 Å². The normalized spacial score (nSPS) is 18.0. The summed E-state index contributed by atoms with van der Waals surface area (Å²) in [7, 11) is 1.17. The Morgan fingerprint density at radius 1 is 1.31 bits per heavy atom. The van der Waals surface area contributed by atoms with Crippen molar-refractivity contribution in [2.45, 2.75) is 43.9 Å². The largest absolute Gasteiger partial charge is 0.469 e. The van der Waals surface area contributed by atoms with Crippen molar-refractivity contribution in [1.29, 1.82) is 0 Å². The third kappa shape index (κ3) is 5.68. The van der Waals surface area contributed by atoms with E-state index in [1.165, 1.54) is 23.3 Å². The topological polar surface area (TPSA) is 109 Å². The monoisotopic (exact) mass is 463 g/mol. The number of aliphatic hydroxyl groups is 1. The second-order valence-electron chi connectivity index (χ2n) is 7.53. The molecule has 1 aliphatic rings. The molecule has 32 heavy (non-hydrogen) atoms.